The van der Waals surface area contributed by atoms with E-state index in [1.165, 1.54) is 6.33 Å². The number of nitrogens with zero attached hydrogens (tertiary/aromatic N) is 3. The molecule has 0 aromatic carbocycles. The maximum absolute atomic E-state index is 5.91. The van der Waals surface area contributed by atoms with Gasteiger partial charge in [-0.25, -0.2) is 9.97 Å². The first-order valence-corrected chi connectivity index (χ1v) is 6.34. The van der Waals surface area contributed by atoms with Crippen LogP contribution in [0.25, 0.3) is 0 Å². The zero-order chi connectivity index (χ0) is 13.8. The summed E-state index contributed by atoms with van der Waals surface area (Å²) < 4.78 is 0. The van der Waals surface area contributed by atoms with Gasteiger partial charge < -0.3 is 11.1 Å². The van der Waals surface area contributed by atoms with Gasteiger partial charge in [0.25, 0.3) is 0 Å². The summed E-state index contributed by atoms with van der Waals surface area (Å²) in [4.78, 5) is 12.8. The van der Waals surface area contributed by atoms with Crippen LogP contribution in [0.2, 0.25) is 0 Å². The summed E-state index contributed by atoms with van der Waals surface area (Å²) >= 11 is 0. The van der Waals surface area contributed by atoms with Crippen molar-refractivity contribution < 1.29 is 0 Å². The van der Waals surface area contributed by atoms with E-state index in [9.17, 15) is 0 Å². The van der Waals surface area contributed by atoms with E-state index in [0.29, 0.717) is 12.4 Å². The Balaban J connectivity index is 2.18. The van der Waals surface area contributed by atoms with Crippen LogP contribution in [0, 0.1) is 6.92 Å². The molecule has 2 aromatic heterocycles. The second kappa shape index (κ2) is 5.65. The van der Waals surface area contributed by atoms with E-state index >= 15 is 0 Å². The molecule has 100 valence electrons. The van der Waals surface area contributed by atoms with Gasteiger partial charge in [0, 0.05) is 11.3 Å². The molecule has 0 atom stereocenters. The van der Waals surface area contributed by atoms with Gasteiger partial charge in [0.2, 0.25) is 0 Å². The third-order valence-electron chi connectivity index (χ3n) is 2.88. The van der Waals surface area contributed by atoms with Gasteiger partial charge in [0.05, 0.1) is 12.2 Å². The summed E-state index contributed by atoms with van der Waals surface area (Å²) in [5, 5.41) is 3.29. The summed E-state index contributed by atoms with van der Waals surface area (Å²) in [7, 11) is 0. The lowest BCUT2D eigenvalue weighted by Gasteiger charge is -2.14. The molecule has 0 amide bonds. The molecule has 5 heteroatoms. The fourth-order valence-corrected chi connectivity index (χ4v) is 1.99. The highest BCUT2D eigenvalue weighted by Gasteiger charge is 2.12. The van der Waals surface area contributed by atoms with Crippen LogP contribution in [0.3, 0.4) is 0 Å². The number of hydrogen-bond donors (Lipinski definition) is 2. The maximum atomic E-state index is 5.91. The summed E-state index contributed by atoms with van der Waals surface area (Å²) in [6.45, 7) is 6.75. The number of nitrogen functional groups attached to an aromatic ring is 1. The molecule has 0 saturated heterocycles. The standard InChI is InChI=1S/C14H19N5/c1-9(2)12-13(15)17-8-18-14(12)16-7-11-6-4-5-10(3)19-11/h4-6,8-9H,7H2,1-3H3,(H3,15,16,17,18). The normalized spacial score (nSPS) is 10.7. The van der Waals surface area contributed by atoms with E-state index in [1.54, 1.807) is 0 Å². The fourth-order valence-electron chi connectivity index (χ4n) is 1.99. The third kappa shape index (κ3) is 3.19. The average molecular weight is 257 g/mol. The van der Waals surface area contributed by atoms with Crippen molar-refractivity contribution in [2.75, 3.05) is 11.1 Å². The van der Waals surface area contributed by atoms with Crippen LogP contribution in [0.15, 0.2) is 24.5 Å². The number of anilines is 2. The molecule has 0 radical (unpaired) electrons. The predicted octanol–water partition coefficient (Wildman–Crippen LogP) is 2.50. The van der Waals surface area contributed by atoms with E-state index in [-0.39, 0.29) is 5.92 Å². The minimum absolute atomic E-state index is 0.272. The zero-order valence-corrected chi connectivity index (χ0v) is 11.5. The SMILES string of the molecule is Cc1cccc(CNc2ncnc(N)c2C(C)C)n1. The first-order chi connectivity index (χ1) is 9.08. The number of nitrogens with one attached hydrogen (secondary N) is 1. The van der Waals surface area contributed by atoms with Gasteiger partial charge in [0.1, 0.15) is 18.0 Å². The Hall–Kier alpha value is -2.17. The number of aryl methyl sites for hydroxylation is 1. The van der Waals surface area contributed by atoms with Crippen LogP contribution in [0.5, 0.6) is 0 Å². The second-order valence-corrected chi connectivity index (χ2v) is 4.80. The van der Waals surface area contributed by atoms with Gasteiger partial charge in [-0.2, -0.15) is 0 Å². The molecule has 2 aromatic rings. The predicted molar refractivity (Wildman–Crippen MR) is 76.8 cm³/mol. The van der Waals surface area contributed by atoms with E-state index < -0.39 is 0 Å². The molecule has 0 aliphatic carbocycles. The van der Waals surface area contributed by atoms with Crippen LogP contribution in [-0.4, -0.2) is 15.0 Å². The van der Waals surface area contributed by atoms with Crippen molar-refractivity contribution in [3.05, 3.63) is 41.5 Å². The molecule has 2 rings (SSSR count). The second-order valence-electron chi connectivity index (χ2n) is 4.80. The van der Waals surface area contributed by atoms with Gasteiger partial charge in [-0.1, -0.05) is 19.9 Å². The number of hydrogen-bond acceptors (Lipinski definition) is 5. The van der Waals surface area contributed by atoms with Gasteiger partial charge in [-0.05, 0) is 25.0 Å². The van der Waals surface area contributed by atoms with Crippen LogP contribution < -0.4 is 11.1 Å². The van der Waals surface area contributed by atoms with Crippen molar-refractivity contribution in [1.82, 2.24) is 15.0 Å². The highest BCUT2D eigenvalue weighted by atomic mass is 15.0. The average Bonchev–Trinajstić information content (AvgIpc) is 2.36. The summed E-state index contributed by atoms with van der Waals surface area (Å²) in [6.07, 6.45) is 1.48. The largest absolute Gasteiger partial charge is 0.383 e. The quantitative estimate of drug-likeness (QED) is 0.880. The third-order valence-corrected chi connectivity index (χ3v) is 2.88. The van der Waals surface area contributed by atoms with Crippen molar-refractivity contribution >= 4 is 11.6 Å². The number of aromatic nitrogens is 3. The lowest BCUT2D eigenvalue weighted by atomic mass is 10.0. The lowest BCUT2D eigenvalue weighted by Crippen LogP contribution is -2.10. The molecule has 0 aliphatic rings. The van der Waals surface area contributed by atoms with Crippen molar-refractivity contribution in [2.24, 2.45) is 0 Å². The Bertz CT molecular complexity index is 566. The molecular weight excluding hydrogens is 238 g/mol. The topological polar surface area (TPSA) is 76.7 Å². The first-order valence-electron chi connectivity index (χ1n) is 6.34. The molecule has 0 fully saturated rings. The highest BCUT2D eigenvalue weighted by molar-refractivity contribution is 5.56. The smallest absolute Gasteiger partial charge is 0.135 e. The highest BCUT2D eigenvalue weighted by Crippen LogP contribution is 2.26. The number of nitrogens with two attached hydrogens (primary N) is 1. The van der Waals surface area contributed by atoms with Crippen LogP contribution >= 0.6 is 0 Å². The lowest BCUT2D eigenvalue weighted by molar-refractivity contribution is 0.847. The van der Waals surface area contributed by atoms with Crippen LogP contribution in [-0.2, 0) is 6.54 Å². The first kappa shape index (κ1) is 13.3. The van der Waals surface area contributed by atoms with Crippen molar-refractivity contribution in [3.8, 4) is 0 Å². The molecule has 0 bridgehead atoms. The maximum Gasteiger partial charge on any atom is 0.135 e. The van der Waals surface area contributed by atoms with Gasteiger partial charge in [0.15, 0.2) is 0 Å². The van der Waals surface area contributed by atoms with Gasteiger partial charge >= 0.3 is 0 Å². The monoisotopic (exact) mass is 257 g/mol. The number of rotatable bonds is 4. The van der Waals surface area contributed by atoms with Crippen molar-refractivity contribution in [2.45, 2.75) is 33.2 Å². The van der Waals surface area contributed by atoms with Gasteiger partial charge in [-0.3, -0.25) is 4.98 Å². The Morgan fingerprint density at radius 1 is 1.26 bits per heavy atom. The Morgan fingerprint density at radius 2 is 2.05 bits per heavy atom. The van der Waals surface area contributed by atoms with Crippen molar-refractivity contribution in [3.63, 3.8) is 0 Å². The van der Waals surface area contributed by atoms with E-state index in [0.717, 1.165) is 22.8 Å². The Morgan fingerprint density at radius 3 is 2.74 bits per heavy atom. The molecule has 0 saturated carbocycles. The van der Waals surface area contributed by atoms with E-state index in [1.807, 2.05) is 25.1 Å². The molecule has 3 N–H and O–H groups in total. The van der Waals surface area contributed by atoms with Gasteiger partial charge in [-0.15, -0.1) is 0 Å². The summed E-state index contributed by atoms with van der Waals surface area (Å²) in [5.41, 5.74) is 8.85. The minimum atomic E-state index is 0.272. The van der Waals surface area contributed by atoms with E-state index in [4.69, 9.17) is 5.73 Å². The fraction of sp³-hybridized carbons (Fsp3) is 0.357. The molecule has 5 nitrogen and oxygen atoms in total. The zero-order valence-electron chi connectivity index (χ0n) is 11.5. The number of pyridine rings is 1. The Labute approximate surface area is 113 Å². The molecule has 0 unspecified atom stereocenters. The minimum Gasteiger partial charge on any atom is -0.383 e. The molecule has 0 aliphatic heterocycles. The van der Waals surface area contributed by atoms with Crippen LogP contribution in [0.1, 0.15) is 36.7 Å². The molecule has 19 heavy (non-hydrogen) atoms. The molecular formula is C14H19N5. The Kier molecular flexibility index (Phi) is 3.94. The molecule has 0 spiro atoms. The van der Waals surface area contributed by atoms with E-state index in [2.05, 4.69) is 34.1 Å². The van der Waals surface area contributed by atoms with Crippen LogP contribution in [0.4, 0.5) is 11.6 Å². The van der Waals surface area contributed by atoms with Crippen molar-refractivity contribution in [1.29, 1.82) is 0 Å². The molecule has 2 heterocycles. The summed E-state index contributed by atoms with van der Waals surface area (Å²) in [6, 6.07) is 5.96. The summed E-state index contributed by atoms with van der Waals surface area (Å²) in [5.74, 6) is 1.59.